The lowest BCUT2D eigenvalue weighted by molar-refractivity contribution is 0.356. The van der Waals surface area contributed by atoms with Crippen LogP contribution in [0.4, 0.5) is 0 Å². The van der Waals surface area contributed by atoms with Gasteiger partial charge in [0.05, 0.1) is 19.7 Å². The van der Waals surface area contributed by atoms with Gasteiger partial charge in [-0.15, -0.1) is 10.2 Å². The van der Waals surface area contributed by atoms with E-state index in [0.717, 1.165) is 47.5 Å². The molecule has 0 radical (unpaired) electrons. The quantitative estimate of drug-likeness (QED) is 0.725. The molecule has 2 heterocycles. The average molecular weight is 300 g/mol. The SMILES string of the molecule is CCCc1nnc2c3cc(OC)c(OC)cc3nc(CC)n12. The van der Waals surface area contributed by atoms with Gasteiger partial charge in [0.2, 0.25) is 0 Å². The maximum atomic E-state index is 5.39. The molecule has 0 N–H and O–H groups in total. The van der Waals surface area contributed by atoms with E-state index >= 15 is 0 Å². The Hall–Kier alpha value is -2.37. The van der Waals surface area contributed by atoms with Crippen LogP contribution in [0.25, 0.3) is 16.6 Å². The van der Waals surface area contributed by atoms with E-state index in [1.165, 1.54) is 0 Å². The van der Waals surface area contributed by atoms with E-state index < -0.39 is 0 Å². The van der Waals surface area contributed by atoms with Crippen LogP contribution in [-0.4, -0.2) is 33.8 Å². The summed E-state index contributed by atoms with van der Waals surface area (Å²) in [6, 6.07) is 3.81. The number of rotatable bonds is 5. The summed E-state index contributed by atoms with van der Waals surface area (Å²) in [5.74, 6) is 3.26. The lowest BCUT2D eigenvalue weighted by Crippen LogP contribution is -2.05. The van der Waals surface area contributed by atoms with Gasteiger partial charge in [-0.2, -0.15) is 0 Å². The number of hydrogen-bond acceptors (Lipinski definition) is 5. The standard InChI is InChI=1S/C16H20N4O2/c1-5-7-15-18-19-16-10-8-12(21-3)13(22-4)9-11(10)17-14(6-2)20(15)16/h8-9H,5-7H2,1-4H3. The van der Waals surface area contributed by atoms with E-state index in [0.29, 0.717) is 11.5 Å². The first kappa shape index (κ1) is 14.6. The highest BCUT2D eigenvalue weighted by atomic mass is 16.5. The second kappa shape index (κ2) is 5.79. The second-order valence-electron chi connectivity index (χ2n) is 5.13. The zero-order valence-electron chi connectivity index (χ0n) is 13.4. The van der Waals surface area contributed by atoms with Crippen molar-refractivity contribution in [2.75, 3.05) is 14.2 Å². The van der Waals surface area contributed by atoms with Gasteiger partial charge in [-0.05, 0) is 12.5 Å². The highest BCUT2D eigenvalue weighted by Crippen LogP contribution is 2.33. The number of fused-ring (bicyclic) bond motifs is 3. The maximum Gasteiger partial charge on any atom is 0.171 e. The minimum atomic E-state index is 0.669. The Morgan fingerprint density at radius 3 is 2.36 bits per heavy atom. The van der Waals surface area contributed by atoms with E-state index in [9.17, 15) is 0 Å². The third-order valence-corrected chi connectivity index (χ3v) is 3.77. The Bertz CT molecular complexity index is 826. The largest absolute Gasteiger partial charge is 0.493 e. The third kappa shape index (κ3) is 2.15. The number of hydrogen-bond donors (Lipinski definition) is 0. The molecule has 22 heavy (non-hydrogen) atoms. The molecule has 0 aliphatic rings. The summed E-state index contributed by atoms with van der Waals surface area (Å²) in [6.07, 6.45) is 2.72. The number of benzene rings is 1. The molecular formula is C16H20N4O2. The van der Waals surface area contributed by atoms with Crippen LogP contribution in [0.2, 0.25) is 0 Å². The van der Waals surface area contributed by atoms with Crippen molar-refractivity contribution in [3.63, 3.8) is 0 Å². The van der Waals surface area contributed by atoms with Gasteiger partial charge in [0.1, 0.15) is 11.6 Å². The van der Waals surface area contributed by atoms with Crippen LogP contribution in [0.5, 0.6) is 11.5 Å². The van der Waals surface area contributed by atoms with Crippen LogP contribution in [0, 0.1) is 0 Å². The first-order valence-electron chi connectivity index (χ1n) is 7.52. The third-order valence-electron chi connectivity index (χ3n) is 3.77. The molecule has 0 aliphatic carbocycles. The van der Waals surface area contributed by atoms with E-state index in [4.69, 9.17) is 14.5 Å². The summed E-state index contributed by atoms with van der Waals surface area (Å²) in [6.45, 7) is 4.22. The molecule has 0 spiro atoms. The predicted molar refractivity (Wildman–Crippen MR) is 84.8 cm³/mol. The number of nitrogens with zero attached hydrogens (tertiary/aromatic N) is 4. The van der Waals surface area contributed by atoms with Crippen molar-refractivity contribution >= 4 is 16.6 Å². The molecule has 0 atom stereocenters. The monoisotopic (exact) mass is 300 g/mol. The predicted octanol–water partition coefficient (Wildman–Crippen LogP) is 2.81. The average Bonchev–Trinajstić information content (AvgIpc) is 2.97. The lowest BCUT2D eigenvalue weighted by Gasteiger charge is -2.11. The summed E-state index contributed by atoms with van der Waals surface area (Å²) in [5.41, 5.74) is 1.67. The van der Waals surface area contributed by atoms with Gasteiger partial charge in [-0.25, -0.2) is 4.98 Å². The molecule has 0 fully saturated rings. The summed E-state index contributed by atoms with van der Waals surface area (Å²) in [7, 11) is 3.25. The fourth-order valence-electron chi connectivity index (χ4n) is 2.71. The van der Waals surface area contributed by atoms with E-state index in [1.54, 1.807) is 14.2 Å². The maximum absolute atomic E-state index is 5.39. The molecule has 6 nitrogen and oxygen atoms in total. The molecule has 116 valence electrons. The van der Waals surface area contributed by atoms with Gasteiger partial charge in [0, 0.05) is 24.3 Å². The molecule has 0 aliphatic heterocycles. The molecule has 0 saturated carbocycles. The molecule has 6 heteroatoms. The fourth-order valence-corrected chi connectivity index (χ4v) is 2.71. The second-order valence-corrected chi connectivity index (χ2v) is 5.13. The van der Waals surface area contributed by atoms with Crippen LogP contribution in [0.1, 0.15) is 31.9 Å². The fraction of sp³-hybridized carbons (Fsp3) is 0.438. The smallest absolute Gasteiger partial charge is 0.171 e. The van der Waals surface area contributed by atoms with Crippen LogP contribution in [-0.2, 0) is 12.8 Å². The lowest BCUT2D eigenvalue weighted by atomic mass is 10.2. The summed E-state index contributed by atoms with van der Waals surface area (Å²) >= 11 is 0. The normalized spacial score (nSPS) is 11.3. The zero-order chi connectivity index (χ0) is 15.7. The number of ether oxygens (including phenoxy) is 2. The van der Waals surface area contributed by atoms with Gasteiger partial charge < -0.3 is 9.47 Å². The Balaban J connectivity index is 2.38. The van der Waals surface area contributed by atoms with Crippen molar-refractivity contribution in [2.24, 2.45) is 0 Å². The van der Waals surface area contributed by atoms with Crippen molar-refractivity contribution in [3.05, 3.63) is 23.8 Å². The van der Waals surface area contributed by atoms with Gasteiger partial charge in [0.15, 0.2) is 17.1 Å². The van der Waals surface area contributed by atoms with Crippen molar-refractivity contribution in [1.82, 2.24) is 19.6 Å². The summed E-state index contributed by atoms with van der Waals surface area (Å²) in [4.78, 5) is 4.77. The van der Waals surface area contributed by atoms with Crippen LogP contribution < -0.4 is 9.47 Å². The Morgan fingerprint density at radius 2 is 1.73 bits per heavy atom. The first-order chi connectivity index (χ1) is 10.7. The molecule has 2 aromatic heterocycles. The first-order valence-corrected chi connectivity index (χ1v) is 7.52. The van der Waals surface area contributed by atoms with Crippen molar-refractivity contribution < 1.29 is 9.47 Å². The summed E-state index contributed by atoms with van der Waals surface area (Å²) < 4.78 is 12.8. The van der Waals surface area contributed by atoms with Gasteiger partial charge in [0.25, 0.3) is 0 Å². The van der Waals surface area contributed by atoms with E-state index in [1.807, 2.05) is 12.1 Å². The minimum Gasteiger partial charge on any atom is -0.493 e. The Kier molecular flexibility index (Phi) is 3.83. The van der Waals surface area contributed by atoms with Crippen LogP contribution in [0.3, 0.4) is 0 Å². The molecular weight excluding hydrogens is 280 g/mol. The van der Waals surface area contributed by atoms with Crippen molar-refractivity contribution in [1.29, 1.82) is 0 Å². The van der Waals surface area contributed by atoms with Crippen LogP contribution >= 0.6 is 0 Å². The van der Waals surface area contributed by atoms with Crippen molar-refractivity contribution in [2.45, 2.75) is 33.1 Å². The number of aromatic nitrogens is 4. The highest BCUT2D eigenvalue weighted by Gasteiger charge is 2.16. The highest BCUT2D eigenvalue weighted by molar-refractivity contribution is 5.93. The molecule has 3 aromatic rings. The summed E-state index contributed by atoms with van der Waals surface area (Å²) in [5, 5.41) is 9.65. The topological polar surface area (TPSA) is 61.5 Å². The molecule has 0 bridgehead atoms. The number of methoxy groups -OCH3 is 2. The molecule has 3 rings (SSSR count). The molecule has 0 amide bonds. The van der Waals surface area contributed by atoms with Gasteiger partial charge in [-0.1, -0.05) is 13.8 Å². The molecule has 0 unspecified atom stereocenters. The molecule has 0 saturated heterocycles. The number of aryl methyl sites for hydroxylation is 2. The minimum absolute atomic E-state index is 0.669. The van der Waals surface area contributed by atoms with E-state index in [2.05, 4.69) is 28.4 Å². The van der Waals surface area contributed by atoms with Crippen molar-refractivity contribution in [3.8, 4) is 11.5 Å². The van der Waals surface area contributed by atoms with Crippen LogP contribution in [0.15, 0.2) is 12.1 Å². The molecule has 1 aromatic carbocycles. The Morgan fingerprint density at radius 1 is 1.00 bits per heavy atom. The van der Waals surface area contributed by atoms with Gasteiger partial charge in [-0.3, -0.25) is 4.40 Å². The van der Waals surface area contributed by atoms with Gasteiger partial charge >= 0.3 is 0 Å². The Labute approximate surface area is 129 Å². The van der Waals surface area contributed by atoms with E-state index in [-0.39, 0.29) is 0 Å². The zero-order valence-corrected chi connectivity index (χ0v) is 13.4.